The second-order valence-corrected chi connectivity index (χ2v) is 8.22. The summed E-state index contributed by atoms with van der Waals surface area (Å²) in [5.74, 6) is 0.315. The van der Waals surface area contributed by atoms with E-state index in [1.54, 1.807) is 6.33 Å². The first kappa shape index (κ1) is 18.9. The van der Waals surface area contributed by atoms with Crippen LogP contribution in [0.4, 0.5) is 10.2 Å². The van der Waals surface area contributed by atoms with Gasteiger partial charge in [0.05, 0.1) is 17.3 Å². The Labute approximate surface area is 172 Å². The minimum absolute atomic E-state index is 0.0391. The van der Waals surface area contributed by atoms with E-state index in [0.29, 0.717) is 5.69 Å². The largest absolute Gasteiger partial charge is 0.385 e. The first-order valence-electron chi connectivity index (χ1n) is 10.2. The molecule has 30 heavy (non-hydrogen) atoms. The number of nitrogens with one attached hydrogen (secondary N) is 2. The van der Waals surface area contributed by atoms with Gasteiger partial charge in [-0.05, 0) is 42.9 Å². The topological polar surface area (TPSA) is 107 Å². The molecule has 1 aliphatic heterocycles. The maximum absolute atomic E-state index is 13.0. The molecule has 1 saturated carbocycles. The number of aromatic amines is 1. The maximum atomic E-state index is 13.0. The van der Waals surface area contributed by atoms with Crippen LogP contribution in [-0.2, 0) is 4.79 Å². The number of H-pyrrole nitrogens is 1. The van der Waals surface area contributed by atoms with Gasteiger partial charge in [0, 0.05) is 31.7 Å². The SMILES string of the molecule is O=C(NCC(O)c1ccc(F)cn1)[C@H]1CCN(c2ncnc3[nH]ccc23)CC12CC2. The zero-order valence-corrected chi connectivity index (χ0v) is 16.4. The number of aliphatic hydroxyl groups excluding tert-OH is 1. The zero-order chi connectivity index (χ0) is 20.7. The van der Waals surface area contributed by atoms with Crippen LogP contribution < -0.4 is 10.2 Å². The van der Waals surface area contributed by atoms with Gasteiger partial charge in [0.2, 0.25) is 5.91 Å². The van der Waals surface area contributed by atoms with Crippen molar-refractivity contribution in [3.8, 4) is 0 Å². The number of rotatable bonds is 5. The molecule has 1 spiro atoms. The molecule has 0 bridgehead atoms. The number of aromatic nitrogens is 4. The van der Waals surface area contributed by atoms with Gasteiger partial charge in [0.15, 0.2) is 0 Å². The van der Waals surface area contributed by atoms with E-state index < -0.39 is 11.9 Å². The summed E-state index contributed by atoms with van der Waals surface area (Å²) in [5, 5.41) is 14.1. The highest BCUT2D eigenvalue weighted by Crippen LogP contribution is 2.56. The van der Waals surface area contributed by atoms with Gasteiger partial charge in [-0.1, -0.05) is 0 Å². The predicted molar refractivity (Wildman–Crippen MR) is 108 cm³/mol. The Morgan fingerprint density at radius 1 is 1.33 bits per heavy atom. The standard InChI is InChI=1S/C21H23FN6O2/c22-13-1-2-16(24-9-13)17(29)10-25-20(30)15-4-8-28(11-21(15)5-6-21)19-14-3-7-23-18(14)26-12-27-19/h1-3,7,9,12,15,17,29H,4-6,8,10-11H2,(H,25,30)(H,23,26,27)/t15-,17?/m1/s1. The maximum Gasteiger partial charge on any atom is 0.223 e. The summed E-state index contributed by atoms with van der Waals surface area (Å²) in [6.07, 6.45) is 6.26. The lowest BCUT2D eigenvalue weighted by molar-refractivity contribution is -0.128. The van der Waals surface area contributed by atoms with E-state index in [1.165, 1.54) is 12.1 Å². The van der Waals surface area contributed by atoms with Crippen molar-refractivity contribution in [3.63, 3.8) is 0 Å². The third kappa shape index (κ3) is 3.39. The first-order valence-corrected chi connectivity index (χ1v) is 10.2. The fraction of sp³-hybridized carbons (Fsp3) is 0.429. The average molecular weight is 410 g/mol. The Kier molecular flexibility index (Phi) is 4.62. The second-order valence-electron chi connectivity index (χ2n) is 8.22. The molecule has 1 aliphatic carbocycles. The molecule has 3 aromatic rings. The van der Waals surface area contributed by atoms with Gasteiger partial charge in [0.1, 0.15) is 29.7 Å². The number of anilines is 1. The van der Waals surface area contributed by atoms with Crippen molar-refractivity contribution in [2.24, 2.45) is 11.3 Å². The highest BCUT2D eigenvalue weighted by molar-refractivity contribution is 5.87. The van der Waals surface area contributed by atoms with E-state index in [1.807, 2.05) is 12.3 Å². The molecule has 2 atom stereocenters. The quantitative estimate of drug-likeness (QED) is 0.594. The molecular weight excluding hydrogens is 387 g/mol. The number of carbonyl (C=O) groups is 1. The number of pyridine rings is 1. The highest BCUT2D eigenvalue weighted by Gasteiger charge is 2.55. The Balaban J connectivity index is 1.24. The van der Waals surface area contributed by atoms with Crippen molar-refractivity contribution in [1.29, 1.82) is 0 Å². The van der Waals surface area contributed by atoms with Crippen molar-refractivity contribution in [2.45, 2.75) is 25.4 Å². The summed E-state index contributed by atoms with van der Waals surface area (Å²) in [5.41, 5.74) is 1.11. The molecule has 2 aliphatic rings. The Hall–Kier alpha value is -3.07. The third-order valence-corrected chi connectivity index (χ3v) is 6.34. The van der Waals surface area contributed by atoms with Gasteiger partial charge in [-0.2, -0.15) is 0 Å². The number of carbonyl (C=O) groups excluding carboxylic acids is 1. The van der Waals surface area contributed by atoms with Gasteiger partial charge in [-0.15, -0.1) is 0 Å². The molecule has 3 aromatic heterocycles. The van der Waals surface area contributed by atoms with Gasteiger partial charge in [-0.25, -0.2) is 14.4 Å². The van der Waals surface area contributed by atoms with Gasteiger partial charge < -0.3 is 20.3 Å². The minimum Gasteiger partial charge on any atom is -0.385 e. The van der Waals surface area contributed by atoms with Gasteiger partial charge in [-0.3, -0.25) is 9.78 Å². The van der Waals surface area contributed by atoms with Crippen LogP contribution >= 0.6 is 0 Å². The number of nitrogens with zero attached hydrogens (tertiary/aromatic N) is 4. The van der Waals surface area contributed by atoms with Crippen LogP contribution in [0.5, 0.6) is 0 Å². The van der Waals surface area contributed by atoms with E-state index in [4.69, 9.17) is 0 Å². The average Bonchev–Trinajstić information content (AvgIpc) is 3.33. The van der Waals surface area contributed by atoms with E-state index in [0.717, 1.165) is 55.4 Å². The number of fused-ring (bicyclic) bond motifs is 1. The Bertz CT molecular complexity index is 1060. The molecule has 5 rings (SSSR count). The second kappa shape index (κ2) is 7.32. The van der Waals surface area contributed by atoms with Crippen LogP contribution in [0.15, 0.2) is 36.9 Å². The fourth-order valence-corrected chi connectivity index (χ4v) is 4.54. The van der Waals surface area contributed by atoms with E-state index >= 15 is 0 Å². The lowest BCUT2D eigenvalue weighted by atomic mass is 9.81. The summed E-state index contributed by atoms with van der Waals surface area (Å²) in [7, 11) is 0. The van der Waals surface area contributed by atoms with E-state index in [9.17, 15) is 14.3 Å². The van der Waals surface area contributed by atoms with Crippen LogP contribution in [0, 0.1) is 17.2 Å². The van der Waals surface area contributed by atoms with Crippen LogP contribution in [0.25, 0.3) is 11.0 Å². The van der Waals surface area contributed by atoms with Crippen molar-refractivity contribution in [1.82, 2.24) is 25.3 Å². The number of piperidine rings is 1. The number of hydrogen-bond acceptors (Lipinski definition) is 6. The molecular formula is C21H23FN6O2. The van der Waals surface area contributed by atoms with Crippen molar-refractivity contribution in [2.75, 3.05) is 24.5 Å². The van der Waals surface area contributed by atoms with E-state index in [-0.39, 0.29) is 23.8 Å². The molecule has 8 nitrogen and oxygen atoms in total. The summed E-state index contributed by atoms with van der Waals surface area (Å²) < 4.78 is 13.0. The molecule has 3 N–H and O–H groups in total. The molecule has 9 heteroatoms. The first-order chi connectivity index (χ1) is 14.6. The van der Waals surface area contributed by atoms with Crippen LogP contribution in [0.3, 0.4) is 0 Å². The predicted octanol–water partition coefficient (Wildman–Crippen LogP) is 1.95. The monoisotopic (exact) mass is 410 g/mol. The third-order valence-electron chi connectivity index (χ3n) is 6.34. The molecule has 1 unspecified atom stereocenters. The number of hydrogen-bond donors (Lipinski definition) is 3. The molecule has 4 heterocycles. The summed E-state index contributed by atoms with van der Waals surface area (Å²) in [6, 6.07) is 4.65. The van der Waals surface area contributed by atoms with Crippen LogP contribution in [0.1, 0.15) is 31.1 Å². The lowest BCUT2D eigenvalue weighted by Crippen LogP contribution is -2.48. The highest BCUT2D eigenvalue weighted by atomic mass is 19.1. The summed E-state index contributed by atoms with van der Waals surface area (Å²) in [6.45, 7) is 1.58. The zero-order valence-electron chi connectivity index (χ0n) is 16.4. The van der Waals surface area contributed by atoms with Crippen molar-refractivity contribution >= 4 is 22.8 Å². The Morgan fingerprint density at radius 2 is 2.20 bits per heavy atom. The Morgan fingerprint density at radius 3 is 2.97 bits per heavy atom. The number of halogens is 1. The van der Waals surface area contributed by atoms with Crippen LogP contribution in [0.2, 0.25) is 0 Å². The van der Waals surface area contributed by atoms with E-state index in [2.05, 4.69) is 30.2 Å². The molecule has 0 radical (unpaired) electrons. The minimum atomic E-state index is -0.965. The molecule has 1 saturated heterocycles. The molecule has 156 valence electrons. The number of amides is 1. The smallest absolute Gasteiger partial charge is 0.223 e. The number of aliphatic hydroxyl groups is 1. The van der Waals surface area contributed by atoms with Crippen LogP contribution in [-0.4, -0.2) is 50.6 Å². The summed E-state index contributed by atoms with van der Waals surface area (Å²) >= 11 is 0. The van der Waals surface area contributed by atoms with Crippen molar-refractivity contribution < 1.29 is 14.3 Å². The van der Waals surface area contributed by atoms with Gasteiger partial charge in [0.25, 0.3) is 0 Å². The fourth-order valence-electron chi connectivity index (χ4n) is 4.54. The normalized spacial score (nSPS) is 21.0. The summed E-state index contributed by atoms with van der Waals surface area (Å²) in [4.78, 5) is 30.9. The molecule has 1 amide bonds. The molecule has 2 fully saturated rings. The molecule has 0 aromatic carbocycles. The lowest BCUT2D eigenvalue weighted by Gasteiger charge is -2.39. The van der Waals surface area contributed by atoms with Crippen molar-refractivity contribution in [3.05, 3.63) is 48.4 Å². The van der Waals surface area contributed by atoms with Gasteiger partial charge >= 0.3 is 0 Å².